The minimum Gasteiger partial charge on any atom is -0.342 e. The van der Waals surface area contributed by atoms with Gasteiger partial charge in [-0.3, -0.25) is 14.4 Å². The molecule has 0 aliphatic heterocycles. The molecule has 0 spiro atoms. The molecule has 0 unspecified atom stereocenters. The first-order valence-electron chi connectivity index (χ1n) is 8.02. The molecule has 6 heteroatoms. The van der Waals surface area contributed by atoms with E-state index in [4.69, 9.17) is 0 Å². The van der Waals surface area contributed by atoms with Crippen molar-refractivity contribution >= 4 is 28.5 Å². The zero-order valence-corrected chi connectivity index (χ0v) is 14.6. The van der Waals surface area contributed by atoms with Crippen molar-refractivity contribution in [1.82, 2.24) is 14.4 Å². The number of carbonyl (C=O) groups is 3. The summed E-state index contributed by atoms with van der Waals surface area (Å²) in [5, 5.41) is 0.685. The number of Topliss-reactive ketones (excluding diaryl/α,β-unsaturated/α-hetero) is 1. The summed E-state index contributed by atoms with van der Waals surface area (Å²) in [6.07, 6.45) is 1.61. The summed E-state index contributed by atoms with van der Waals surface area (Å²) in [6.45, 7) is 5.28. The number of carbonyl (C=O) groups excluding carboxylic acids is 3. The third kappa shape index (κ3) is 3.32. The second-order valence-electron chi connectivity index (χ2n) is 5.78. The molecule has 0 atom stereocenters. The van der Waals surface area contributed by atoms with Gasteiger partial charge >= 0.3 is 0 Å². The van der Waals surface area contributed by atoms with Crippen LogP contribution in [0.2, 0.25) is 0 Å². The third-order valence-electron chi connectivity index (χ3n) is 4.06. The molecule has 0 radical (unpaired) electrons. The van der Waals surface area contributed by atoms with Gasteiger partial charge in [0, 0.05) is 44.3 Å². The van der Waals surface area contributed by atoms with Crippen LogP contribution in [0.25, 0.3) is 10.9 Å². The molecule has 1 aromatic heterocycles. The zero-order valence-electron chi connectivity index (χ0n) is 14.6. The number of fused-ring (bicyclic) bond motifs is 1. The fourth-order valence-electron chi connectivity index (χ4n) is 2.70. The van der Waals surface area contributed by atoms with Crippen LogP contribution in [0, 0.1) is 0 Å². The van der Waals surface area contributed by atoms with Gasteiger partial charge in [-0.2, -0.15) is 0 Å². The summed E-state index contributed by atoms with van der Waals surface area (Å²) < 4.78 is 1.74. The number of nitrogens with zero attached hydrogens (tertiary/aromatic N) is 3. The van der Waals surface area contributed by atoms with Gasteiger partial charge < -0.3 is 14.4 Å². The molecule has 0 saturated carbocycles. The molecule has 0 aliphatic carbocycles. The normalized spacial score (nSPS) is 10.7. The number of ketones is 1. The maximum Gasteiger partial charge on any atom is 0.294 e. The lowest BCUT2D eigenvalue weighted by atomic mass is 10.1. The first-order chi connectivity index (χ1) is 11.4. The number of hydrogen-bond acceptors (Lipinski definition) is 3. The van der Waals surface area contributed by atoms with Gasteiger partial charge in [-0.15, -0.1) is 0 Å². The van der Waals surface area contributed by atoms with Crippen LogP contribution in [0.4, 0.5) is 0 Å². The molecule has 24 heavy (non-hydrogen) atoms. The minimum atomic E-state index is -0.576. The number of hydrogen-bond donors (Lipinski definition) is 0. The number of benzene rings is 1. The second kappa shape index (κ2) is 7.29. The van der Waals surface area contributed by atoms with Crippen molar-refractivity contribution in [3.63, 3.8) is 0 Å². The van der Waals surface area contributed by atoms with E-state index in [2.05, 4.69) is 0 Å². The minimum absolute atomic E-state index is 0.0151. The summed E-state index contributed by atoms with van der Waals surface area (Å²) >= 11 is 0. The number of aromatic nitrogens is 1. The zero-order chi connectivity index (χ0) is 17.9. The average molecular weight is 329 g/mol. The molecule has 6 nitrogen and oxygen atoms in total. The van der Waals surface area contributed by atoms with E-state index in [1.165, 1.54) is 4.90 Å². The Hall–Kier alpha value is -2.63. The third-order valence-corrected chi connectivity index (χ3v) is 4.06. The Morgan fingerprint density at radius 1 is 1.04 bits per heavy atom. The van der Waals surface area contributed by atoms with Crippen LogP contribution < -0.4 is 0 Å². The molecule has 0 aliphatic rings. The van der Waals surface area contributed by atoms with Crippen LogP contribution >= 0.6 is 0 Å². The number of amides is 2. The van der Waals surface area contributed by atoms with Gasteiger partial charge in [0.05, 0.1) is 5.56 Å². The van der Waals surface area contributed by atoms with Gasteiger partial charge in [-0.05, 0) is 19.9 Å². The Bertz CT molecular complexity index is 773. The van der Waals surface area contributed by atoms with E-state index in [0.29, 0.717) is 24.0 Å². The molecule has 0 N–H and O–H groups in total. The predicted molar refractivity (Wildman–Crippen MR) is 92.9 cm³/mol. The lowest BCUT2D eigenvalue weighted by Crippen LogP contribution is -2.33. The van der Waals surface area contributed by atoms with Crippen molar-refractivity contribution in [2.75, 3.05) is 27.2 Å². The van der Waals surface area contributed by atoms with Crippen molar-refractivity contribution in [3.05, 3.63) is 36.0 Å². The first-order valence-corrected chi connectivity index (χ1v) is 8.02. The Morgan fingerprint density at radius 2 is 1.67 bits per heavy atom. The summed E-state index contributed by atoms with van der Waals surface area (Å²) in [6, 6.07) is 7.31. The van der Waals surface area contributed by atoms with Gasteiger partial charge in [0.15, 0.2) is 0 Å². The summed E-state index contributed by atoms with van der Waals surface area (Å²) in [4.78, 5) is 39.8. The molecular formula is C18H23N3O3. The first kappa shape index (κ1) is 17.7. The quantitative estimate of drug-likeness (QED) is 0.599. The fraction of sp³-hybridized carbons (Fsp3) is 0.389. The Balaban J connectivity index is 2.44. The summed E-state index contributed by atoms with van der Waals surface area (Å²) in [5.74, 6) is -1.16. The standard InChI is InChI=1S/C18H23N3O3/c1-5-20(6-2)16(22)12-21-11-14(17(23)18(24)19(3)4)13-9-7-8-10-15(13)21/h7-11H,5-6,12H2,1-4H3. The van der Waals surface area contributed by atoms with Gasteiger partial charge in [0.1, 0.15) is 6.54 Å². The SMILES string of the molecule is CCN(CC)C(=O)Cn1cc(C(=O)C(=O)N(C)C)c2ccccc21. The highest BCUT2D eigenvalue weighted by Gasteiger charge is 2.23. The average Bonchev–Trinajstić information content (AvgIpc) is 2.93. The highest BCUT2D eigenvalue weighted by molar-refractivity contribution is 6.44. The highest BCUT2D eigenvalue weighted by atomic mass is 16.2. The van der Waals surface area contributed by atoms with Crippen LogP contribution in [0.1, 0.15) is 24.2 Å². The van der Waals surface area contributed by atoms with Crippen molar-refractivity contribution in [2.45, 2.75) is 20.4 Å². The lowest BCUT2D eigenvalue weighted by molar-refractivity contribution is -0.131. The Labute approximate surface area is 141 Å². The molecule has 2 aromatic rings. The lowest BCUT2D eigenvalue weighted by Gasteiger charge is -2.19. The van der Waals surface area contributed by atoms with Gasteiger partial charge in [-0.25, -0.2) is 0 Å². The van der Waals surface area contributed by atoms with Crippen molar-refractivity contribution < 1.29 is 14.4 Å². The predicted octanol–water partition coefficient (Wildman–Crippen LogP) is 1.78. The van der Waals surface area contributed by atoms with E-state index in [0.717, 1.165) is 5.52 Å². The Morgan fingerprint density at radius 3 is 2.25 bits per heavy atom. The summed E-state index contributed by atoms with van der Waals surface area (Å²) in [5.41, 5.74) is 1.10. The molecule has 0 fully saturated rings. The van der Waals surface area contributed by atoms with E-state index < -0.39 is 11.7 Å². The molecule has 1 aromatic carbocycles. The number of likely N-dealkylation sites (N-methyl/N-ethyl adjacent to an activating group) is 2. The smallest absolute Gasteiger partial charge is 0.294 e. The second-order valence-corrected chi connectivity index (χ2v) is 5.78. The van der Waals surface area contributed by atoms with Crippen molar-refractivity contribution in [2.24, 2.45) is 0 Å². The topological polar surface area (TPSA) is 62.6 Å². The van der Waals surface area contributed by atoms with Gasteiger partial charge in [0.2, 0.25) is 5.91 Å². The largest absolute Gasteiger partial charge is 0.342 e. The van der Waals surface area contributed by atoms with E-state index in [-0.39, 0.29) is 12.5 Å². The van der Waals surface area contributed by atoms with Crippen LogP contribution in [0.5, 0.6) is 0 Å². The van der Waals surface area contributed by atoms with Gasteiger partial charge in [0.25, 0.3) is 11.7 Å². The monoisotopic (exact) mass is 329 g/mol. The molecule has 0 saturated heterocycles. The number of para-hydroxylation sites is 1. The number of rotatable bonds is 6. The van der Waals surface area contributed by atoms with Crippen LogP contribution in [0.3, 0.4) is 0 Å². The van der Waals surface area contributed by atoms with Crippen molar-refractivity contribution in [3.8, 4) is 0 Å². The maximum atomic E-state index is 12.4. The van der Waals surface area contributed by atoms with Crippen LogP contribution in [-0.4, -0.2) is 59.1 Å². The van der Waals surface area contributed by atoms with Crippen LogP contribution in [0.15, 0.2) is 30.5 Å². The van der Waals surface area contributed by atoms with E-state index in [1.54, 1.807) is 35.8 Å². The molecule has 1 heterocycles. The summed E-state index contributed by atoms with van der Waals surface area (Å²) in [7, 11) is 3.09. The van der Waals surface area contributed by atoms with Crippen molar-refractivity contribution in [1.29, 1.82) is 0 Å². The molecule has 128 valence electrons. The van der Waals surface area contributed by atoms with Crippen LogP contribution in [-0.2, 0) is 16.1 Å². The highest BCUT2D eigenvalue weighted by Crippen LogP contribution is 2.22. The maximum absolute atomic E-state index is 12.4. The molecule has 0 bridgehead atoms. The van der Waals surface area contributed by atoms with E-state index >= 15 is 0 Å². The molecular weight excluding hydrogens is 306 g/mol. The van der Waals surface area contributed by atoms with Gasteiger partial charge in [-0.1, -0.05) is 18.2 Å². The Kier molecular flexibility index (Phi) is 5.39. The molecule has 2 amide bonds. The van der Waals surface area contributed by atoms with E-state index in [9.17, 15) is 14.4 Å². The van der Waals surface area contributed by atoms with E-state index in [1.807, 2.05) is 32.0 Å². The fourth-order valence-corrected chi connectivity index (χ4v) is 2.70. The molecule has 2 rings (SSSR count).